The number of amides is 1. The first kappa shape index (κ1) is 14.5. The first-order valence-electron chi connectivity index (χ1n) is 6.73. The van der Waals surface area contributed by atoms with E-state index in [1.165, 1.54) is 0 Å². The number of primary amides is 1. The Morgan fingerprint density at radius 2 is 2.00 bits per heavy atom. The van der Waals surface area contributed by atoms with Crippen LogP contribution in [-0.4, -0.2) is 42.5 Å². The summed E-state index contributed by atoms with van der Waals surface area (Å²) < 4.78 is 0. The van der Waals surface area contributed by atoms with Crippen LogP contribution in [0.15, 0.2) is 0 Å². The van der Waals surface area contributed by atoms with Gasteiger partial charge in [-0.25, -0.2) is 0 Å². The van der Waals surface area contributed by atoms with Gasteiger partial charge in [0.1, 0.15) is 0 Å². The maximum absolute atomic E-state index is 11.2. The van der Waals surface area contributed by atoms with Gasteiger partial charge >= 0.3 is 0 Å². The summed E-state index contributed by atoms with van der Waals surface area (Å²) in [6.45, 7) is 10.8. The van der Waals surface area contributed by atoms with E-state index in [4.69, 9.17) is 5.73 Å². The van der Waals surface area contributed by atoms with E-state index >= 15 is 0 Å². The van der Waals surface area contributed by atoms with Gasteiger partial charge in [-0.15, -0.1) is 0 Å². The van der Waals surface area contributed by atoms with Crippen molar-refractivity contribution in [2.24, 2.45) is 11.7 Å². The van der Waals surface area contributed by atoms with Gasteiger partial charge in [0.15, 0.2) is 0 Å². The number of likely N-dealkylation sites (tertiary alicyclic amines) is 1. The molecule has 17 heavy (non-hydrogen) atoms. The van der Waals surface area contributed by atoms with Gasteiger partial charge in [0.25, 0.3) is 0 Å². The lowest BCUT2D eigenvalue weighted by atomic mass is 9.83. The number of nitrogens with zero attached hydrogens (tertiary/aromatic N) is 1. The van der Waals surface area contributed by atoms with Gasteiger partial charge in [-0.2, -0.15) is 0 Å². The summed E-state index contributed by atoms with van der Waals surface area (Å²) in [5.41, 5.74) is 5.31. The molecular weight excluding hydrogens is 214 g/mol. The minimum atomic E-state index is -0.191. The summed E-state index contributed by atoms with van der Waals surface area (Å²) in [7, 11) is 0. The zero-order chi connectivity index (χ0) is 12.9. The van der Waals surface area contributed by atoms with E-state index in [1.54, 1.807) is 0 Å². The smallest absolute Gasteiger partial charge is 0.219 e. The van der Waals surface area contributed by atoms with Crippen LogP contribution in [0.4, 0.5) is 0 Å². The van der Waals surface area contributed by atoms with Crippen LogP contribution in [0.25, 0.3) is 0 Å². The van der Waals surface area contributed by atoms with Crippen molar-refractivity contribution in [1.82, 2.24) is 10.2 Å². The van der Waals surface area contributed by atoms with Gasteiger partial charge in [0.2, 0.25) is 5.91 Å². The number of nitrogens with two attached hydrogens (primary N) is 1. The van der Waals surface area contributed by atoms with Gasteiger partial charge in [0, 0.05) is 18.5 Å². The molecule has 100 valence electrons. The largest absolute Gasteiger partial charge is 0.370 e. The van der Waals surface area contributed by atoms with E-state index in [0.29, 0.717) is 12.3 Å². The van der Waals surface area contributed by atoms with Crippen molar-refractivity contribution in [3.8, 4) is 0 Å². The maximum atomic E-state index is 11.2. The van der Waals surface area contributed by atoms with Crippen molar-refractivity contribution in [3.05, 3.63) is 0 Å². The summed E-state index contributed by atoms with van der Waals surface area (Å²) in [5, 5.41) is 3.48. The highest BCUT2D eigenvalue weighted by Crippen LogP contribution is 2.26. The van der Waals surface area contributed by atoms with Crippen molar-refractivity contribution in [1.29, 1.82) is 0 Å². The summed E-state index contributed by atoms with van der Waals surface area (Å²) >= 11 is 0. The highest BCUT2D eigenvalue weighted by atomic mass is 16.1. The quantitative estimate of drug-likeness (QED) is 0.728. The number of piperidine rings is 1. The molecule has 0 saturated carbocycles. The molecule has 1 heterocycles. The molecule has 1 aliphatic rings. The summed E-state index contributed by atoms with van der Waals surface area (Å²) in [6, 6.07) is 0. The minimum Gasteiger partial charge on any atom is -0.370 e. The van der Waals surface area contributed by atoms with E-state index in [9.17, 15) is 4.79 Å². The van der Waals surface area contributed by atoms with Crippen LogP contribution >= 0.6 is 0 Å². The molecule has 1 saturated heterocycles. The Bertz CT molecular complexity index is 245. The molecule has 0 spiro atoms. The fourth-order valence-corrected chi connectivity index (χ4v) is 2.80. The Morgan fingerprint density at radius 3 is 2.41 bits per heavy atom. The van der Waals surface area contributed by atoms with E-state index in [1.807, 2.05) is 0 Å². The minimum absolute atomic E-state index is 0.0476. The topological polar surface area (TPSA) is 58.4 Å². The maximum Gasteiger partial charge on any atom is 0.219 e. The predicted molar refractivity (Wildman–Crippen MR) is 70.7 cm³/mol. The predicted octanol–water partition coefficient (Wildman–Crippen LogP) is 0.962. The molecule has 0 aromatic carbocycles. The van der Waals surface area contributed by atoms with Crippen molar-refractivity contribution in [2.45, 2.75) is 45.6 Å². The molecule has 0 atom stereocenters. The molecule has 4 heteroatoms. The van der Waals surface area contributed by atoms with Crippen LogP contribution in [0, 0.1) is 5.92 Å². The molecule has 3 N–H and O–H groups in total. The Hall–Kier alpha value is -0.610. The number of hydrogen-bond acceptors (Lipinski definition) is 3. The molecule has 0 aromatic rings. The Kier molecular flexibility index (Phi) is 5.40. The summed E-state index contributed by atoms with van der Waals surface area (Å²) in [4.78, 5) is 13.7. The van der Waals surface area contributed by atoms with Gasteiger partial charge in [0.05, 0.1) is 0 Å². The first-order valence-corrected chi connectivity index (χ1v) is 6.73. The van der Waals surface area contributed by atoms with Crippen molar-refractivity contribution >= 4 is 5.91 Å². The lowest BCUT2D eigenvalue weighted by Crippen LogP contribution is -2.55. The van der Waals surface area contributed by atoms with Gasteiger partial charge in [-0.05, 0) is 38.4 Å². The van der Waals surface area contributed by atoms with Crippen LogP contribution in [0.2, 0.25) is 0 Å². The van der Waals surface area contributed by atoms with Gasteiger partial charge in [-0.3, -0.25) is 4.79 Å². The molecule has 1 aliphatic heterocycles. The van der Waals surface area contributed by atoms with Crippen LogP contribution < -0.4 is 11.1 Å². The van der Waals surface area contributed by atoms with E-state index < -0.39 is 0 Å². The molecule has 1 fully saturated rings. The molecule has 0 unspecified atom stereocenters. The zero-order valence-corrected chi connectivity index (χ0v) is 11.5. The van der Waals surface area contributed by atoms with Crippen LogP contribution in [0.1, 0.15) is 40.0 Å². The van der Waals surface area contributed by atoms with E-state index in [2.05, 4.69) is 31.0 Å². The second kappa shape index (κ2) is 6.36. The zero-order valence-electron chi connectivity index (χ0n) is 11.5. The second-order valence-corrected chi connectivity index (χ2v) is 5.65. The van der Waals surface area contributed by atoms with Crippen LogP contribution in [0.3, 0.4) is 0 Å². The number of hydrogen-bond donors (Lipinski definition) is 2. The van der Waals surface area contributed by atoms with Gasteiger partial charge in [-0.1, -0.05) is 20.8 Å². The normalized spacial score (nSPS) is 20.7. The Balaban J connectivity index is 2.51. The fraction of sp³-hybridized carbons (Fsp3) is 0.923. The molecular formula is C13H27N3O. The molecule has 1 amide bonds. The fourth-order valence-electron chi connectivity index (χ4n) is 2.80. The third-order valence-corrected chi connectivity index (χ3v) is 3.50. The standard InChI is InChI=1S/C13H27N3O/c1-4-15-13(9-12(14)17)5-7-16(8-6-13)10-11(2)3/h11,15H,4-10H2,1-3H3,(H2,14,17). The number of carbonyl (C=O) groups excluding carboxylic acids is 1. The molecule has 4 nitrogen and oxygen atoms in total. The third-order valence-electron chi connectivity index (χ3n) is 3.50. The molecule has 0 radical (unpaired) electrons. The number of rotatable bonds is 6. The van der Waals surface area contributed by atoms with E-state index in [0.717, 1.165) is 39.0 Å². The van der Waals surface area contributed by atoms with E-state index in [-0.39, 0.29) is 11.4 Å². The van der Waals surface area contributed by atoms with Gasteiger partial charge < -0.3 is 16.0 Å². The lowest BCUT2D eigenvalue weighted by Gasteiger charge is -2.42. The number of nitrogens with one attached hydrogen (secondary N) is 1. The molecule has 1 rings (SSSR count). The third kappa shape index (κ3) is 4.64. The molecule has 0 bridgehead atoms. The van der Waals surface area contributed by atoms with Crippen molar-refractivity contribution in [2.75, 3.05) is 26.2 Å². The second-order valence-electron chi connectivity index (χ2n) is 5.65. The summed E-state index contributed by atoms with van der Waals surface area (Å²) in [5.74, 6) is 0.515. The summed E-state index contributed by atoms with van der Waals surface area (Å²) in [6.07, 6.45) is 2.52. The monoisotopic (exact) mass is 241 g/mol. The highest BCUT2D eigenvalue weighted by Gasteiger charge is 2.35. The van der Waals surface area contributed by atoms with Crippen LogP contribution in [-0.2, 0) is 4.79 Å². The lowest BCUT2D eigenvalue weighted by molar-refractivity contribution is -0.120. The molecule has 0 aliphatic carbocycles. The number of carbonyl (C=O) groups is 1. The SMILES string of the molecule is CCNC1(CC(N)=O)CCN(CC(C)C)CC1. The Morgan fingerprint density at radius 1 is 1.41 bits per heavy atom. The Labute approximate surface area is 105 Å². The molecule has 0 aromatic heterocycles. The first-order chi connectivity index (χ1) is 7.97. The average molecular weight is 241 g/mol. The average Bonchev–Trinajstić information content (AvgIpc) is 2.20. The van der Waals surface area contributed by atoms with Crippen molar-refractivity contribution in [3.63, 3.8) is 0 Å². The van der Waals surface area contributed by atoms with Crippen molar-refractivity contribution < 1.29 is 4.79 Å². The highest BCUT2D eigenvalue weighted by molar-refractivity contribution is 5.75. The van der Waals surface area contributed by atoms with Crippen LogP contribution in [0.5, 0.6) is 0 Å².